The van der Waals surface area contributed by atoms with Crippen LogP contribution in [-0.4, -0.2) is 18.3 Å². The molecule has 0 amide bonds. The molecule has 13 bridgehead atoms. The molecule has 8 saturated carbocycles. The first kappa shape index (κ1) is 43.4. The number of thiol groups is 2. The standard InChI is InChI=1S/C53H91BS2/c54-50-30-42-22-25-46(33-50)43-13-6-10-38(19-23-43)17-18-39-20-24-47(35-52(56)31-39)45-12-5-3-1-2-4-9-41(11-7-16-51(55)34-45)36-53-28-27-40(29-42)21-26-48(37-53)44-14-8-15-49(53)32-44/h38-52,55-56H,1-37H2. The van der Waals surface area contributed by atoms with Crippen molar-refractivity contribution in [3.8, 4) is 0 Å². The fourth-order valence-electron chi connectivity index (χ4n) is 16.9. The Balaban J connectivity index is 1.03. The van der Waals surface area contributed by atoms with Crippen LogP contribution in [0.15, 0.2) is 0 Å². The fraction of sp³-hybridized carbons (Fsp3) is 1.00. The number of fused-ring (bicyclic) bond motifs is 23. The van der Waals surface area contributed by atoms with Crippen molar-refractivity contribution in [2.24, 2.45) is 76.4 Å². The molecule has 0 N–H and O–H groups in total. The minimum absolute atomic E-state index is 0.461. The molecule has 16 atom stereocenters. The van der Waals surface area contributed by atoms with Gasteiger partial charge in [-0.15, -0.1) is 0 Å². The van der Waals surface area contributed by atoms with Crippen LogP contribution in [0.4, 0.5) is 0 Å². The van der Waals surface area contributed by atoms with Gasteiger partial charge in [0.25, 0.3) is 0 Å². The molecule has 2 radical (unpaired) electrons. The quantitative estimate of drug-likeness (QED) is 0.177. The van der Waals surface area contributed by atoms with E-state index >= 15 is 0 Å². The first-order valence-corrected chi connectivity index (χ1v) is 27.5. The maximum absolute atomic E-state index is 7.15. The summed E-state index contributed by atoms with van der Waals surface area (Å²) >= 11 is 10.8. The third-order valence-electron chi connectivity index (χ3n) is 19.9. The van der Waals surface area contributed by atoms with Crippen molar-refractivity contribution in [3.05, 3.63) is 0 Å². The average Bonchev–Trinajstić information content (AvgIpc) is 3.62. The van der Waals surface area contributed by atoms with Gasteiger partial charge in [-0.25, -0.2) is 0 Å². The summed E-state index contributed by atoms with van der Waals surface area (Å²) in [5.41, 5.74) is 0.661. The molecule has 0 heterocycles. The van der Waals surface area contributed by atoms with Crippen molar-refractivity contribution >= 4 is 33.1 Å². The van der Waals surface area contributed by atoms with E-state index in [0.29, 0.717) is 21.7 Å². The lowest BCUT2D eigenvalue weighted by molar-refractivity contribution is -0.0561. The van der Waals surface area contributed by atoms with Gasteiger partial charge < -0.3 is 0 Å². The van der Waals surface area contributed by atoms with Crippen LogP contribution in [-0.2, 0) is 0 Å². The van der Waals surface area contributed by atoms with Gasteiger partial charge in [0.1, 0.15) is 0 Å². The van der Waals surface area contributed by atoms with E-state index in [-0.39, 0.29) is 0 Å². The molecule has 0 nitrogen and oxygen atoms in total. The summed E-state index contributed by atoms with van der Waals surface area (Å²) in [6.07, 6.45) is 55.3. The first-order chi connectivity index (χ1) is 27.4. The molecule has 56 heavy (non-hydrogen) atoms. The molecule has 16 unspecified atom stereocenters. The molecule has 8 fully saturated rings. The fourth-order valence-corrected chi connectivity index (χ4v) is 17.9. The van der Waals surface area contributed by atoms with Gasteiger partial charge in [0.15, 0.2) is 0 Å². The zero-order chi connectivity index (χ0) is 38.3. The van der Waals surface area contributed by atoms with E-state index in [9.17, 15) is 0 Å². The van der Waals surface area contributed by atoms with Crippen molar-refractivity contribution in [2.75, 3.05) is 0 Å². The van der Waals surface area contributed by atoms with Gasteiger partial charge in [0.05, 0.1) is 7.85 Å². The van der Waals surface area contributed by atoms with E-state index in [1.54, 1.807) is 64.2 Å². The van der Waals surface area contributed by atoms with Crippen LogP contribution in [0.1, 0.15) is 238 Å². The third kappa shape index (κ3) is 11.8. The second kappa shape index (κ2) is 21.2. The first-order valence-electron chi connectivity index (χ1n) is 26.5. The van der Waals surface area contributed by atoms with Crippen molar-refractivity contribution < 1.29 is 0 Å². The summed E-state index contributed by atoms with van der Waals surface area (Å²) in [4.78, 5) is 0. The van der Waals surface area contributed by atoms with Gasteiger partial charge >= 0.3 is 0 Å². The molecule has 0 aromatic carbocycles. The molecule has 1 spiro atoms. The minimum Gasteiger partial charge on any atom is -0.176 e. The van der Waals surface area contributed by atoms with Gasteiger partial charge in [0.2, 0.25) is 0 Å². The summed E-state index contributed by atoms with van der Waals surface area (Å²) in [5, 5.41) is 1.23. The van der Waals surface area contributed by atoms with E-state index < -0.39 is 0 Å². The lowest BCUT2D eigenvalue weighted by Gasteiger charge is -2.56. The van der Waals surface area contributed by atoms with Crippen LogP contribution in [0, 0.1) is 76.4 Å². The highest BCUT2D eigenvalue weighted by Gasteiger charge is 2.50. The summed E-state index contributed by atoms with van der Waals surface area (Å²) in [6.45, 7) is 0. The van der Waals surface area contributed by atoms with Crippen molar-refractivity contribution in [2.45, 2.75) is 254 Å². The van der Waals surface area contributed by atoms with Crippen LogP contribution < -0.4 is 0 Å². The molecule has 318 valence electrons. The molecule has 0 aromatic heterocycles. The van der Waals surface area contributed by atoms with Crippen LogP contribution in [0.25, 0.3) is 0 Å². The zero-order valence-electron chi connectivity index (χ0n) is 36.8. The second-order valence-electron chi connectivity index (χ2n) is 23.6. The van der Waals surface area contributed by atoms with Gasteiger partial charge in [-0.2, -0.15) is 25.3 Å². The van der Waals surface area contributed by atoms with Gasteiger partial charge in [0, 0.05) is 10.5 Å². The van der Waals surface area contributed by atoms with E-state index in [0.717, 1.165) is 71.0 Å². The van der Waals surface area contributed by atoms with Crippen molar-refractivity contribution in [1.29, 1.82) is 0 Å². The average molecular weight is 803 g/mol. The van der Waals surface area contributed by atoms with Crippen molar-refractivity contribution in [1.82, 2.24) is 0 Å². The molecule has 3 heteroatoms. The molecular weight excluding hydrogens is 712 g/mol. The van der Waals surface area contributed by atoms with Crippen molar-refractivity contribution in [3.63, 3.8) is 0 Å². The van der Waals surface area contributed by atoms with Gasteiger partial charge in [-0.1, -0.05) is 147 Å². The molecule has 8 aliphatic carbocycles. The lowest BCUT2D eigenvalue weighted by Crippen LogP contribution is -2.46. The van der Waals surface area contributed by atoms with Gasteiger partial charge in [-0.05, 0) is 173 Å². The Morgan fingerprint density at radius 1 is 0.321 bits per heavy atom. The highest BCUT2D eigenvalue weighted by atomic mass is 32.1. The zero-order valence-corrected chi connectivity index (χ0v) is 38.6. The Morgan fingerprint density at radius 2 is 0.875 bits per heavy atom. The van der Waals surface area contributed by atoms with E-state index in [1.807, 2.05) is 0 Å². The number of rotatable bonds is 0. The molecule has 0 aliphatic heterocycles. The Labute approximate surface area is 361 Å². The van der Waals surface area contributed by atoms with Gasteiger partial charge in [-0.3, -0.25) is 0 Å². The molecule has 0 aromatic rings. The normalized spacial score (nSPS) is 48.4. The molecule has 8 rings (SSSR count). The molecule has 8 aliphatic rings. The Bertz CT molecular complexity index is 1160. The van der Waals surface area contributed by atoms with E-state index in [1.165, 1.54) is 173 Å². The highest BCUT2D eigenvalue weighted by molar-refractivity contribution is 7.81. The topological polar surface area (TPSA) is 0 Å². The number of hydrogen-bond donors (Lipinski definition) is 2. The van der Waals surface area contributed by atoms with Crippen LogP contribution in [0.5, 0.6) is 0 Å². The lowest BCUT2D eigenvalue weighted by atomic mass is 9.49. The summed E-state index contributed by atoms with van der Waals surface area (Å²) < 4.78 is 0. The molecule has 0 saturated heterocycles. The largest absolute Gasteiger partial charge is 0.176 e. The van der Waals surface area contributed by atoms with E-state index in [2.05, 4.69) is 0 Å². The Morgan fingerprint density at radius 3 is 1.77 bits per heavy atom. The SMILES string of the molecule is [B]C1CC2CCC(C1)C1CCCC(CCC3CCC(CC(S)C3)C3CCCCCCCC(CCCC(S)C3)CC34CCC(CCC(C3)C3CCCC4C3)C2)CC1. The monoisotopic (exact) mass is 803 g/mol. The smallest absolute Gasteiger partial charge is 0.0699 e. The highest BCUT2D eigenvalue weighted by Crippen LogP contribution is 2.61. The van der Waals surface area contributed by atoms with E-state index in [4.69, 9.17) is 33.1 Å². The summed E-state index contributed by atoms with van der Waals surface area (Å²) in [6, 6.07) is 0. The maximum atomic E-state index is 7.15. The Hall–Kier alpha value is 0.765. The maximum Gasteiger partial charge on any atom is 0.0699 e. The predicted molar refractivity (Wildman–Crippen MR) is 250 cm³/mol. The summed E-state index contributed by atoms with van der Waals surface area (Å²) in [7, 11) is 7.15. The van der Waals surface area contributed by atoms with Crippen LogP contribution >= 0.6 is 25.3 Å². The predicted octanol–water partition coefficient (Wildman–Crippen LogP) is 16.5. The third-order valence-corrected chi connectivity index (χ3v) is 20.8. The second-order valence-corrected chi connectivity index (χ2v) is 25.1. The Kier molecular flexibility index (Phi) is 16.5. The van der Waals surface area contributed by atoms with Crippen LogP contribution in [0.3, 0.4) is 0 Å². The molecular formula is C53H91BS2. The summed E-state index contributed by atoms with van der Waals surface area (Å²) in [5.74, 6) is 12.0. The van der Waals surface area contributed by atoms with Crippen LogP contribution in [0.2, 0.25) is 5.82 Å². The number of hydrogen-bond acceptors (Lipinski definition) is 2. The minimum atomic E-state index is 0.461.